The summed E-state index contributed by atoms with van der Waals surface area (Å²) < 4.78 is 0. The zero-order chi connectivity index (χ0) is 30.2. The quantitative estimate of drug-likeness (QED) is 0.0634. The van der Waals surface area contributed by atoms with E-state index in [0.29, 0.717) is 0 Å². The molecule has 2 N–H and O–H groups in total. The third-order valence-corrected chi connectivity index (χ3v) is 9.17. The van der Waals surface area contributed by atoms with Crippen molar-refractivity contribution in [1.29, 1.82) is 0 Å². The number of hydrogen-bond donors (Lipinski definition) is 2. The van der Waals surface area contributed by atoms with E-state index in [1.54, 1.807) is 0 Å². The molecule has 2 heteroatoms. The molecule has 0 heterocycles. The standard InChI is InChI=1S/C40H76N2/c1-4-6-8-10-12-14-16-18-20-22-24-26-28-30-36-41-40(39-34-32-38(3)33-35-39)42-37-31-29-27-25-23-21-19-17-15-13-11-9-7-5-2/h32-35,40-42H,4-31,36-37H2,1-3H3. The lowest BCUT2D eigenvalue weighted by molar-refractivity contribution is 0.419. The average molecular weight is 585 g/mol. The van der Waals surface area contributed by atoms with E-state index < -0.39 is 0 Å². The molecule has 0 spiro atoms. The molecule has 246 valence electrons. The summed E-state index contributed by atoms with van der Waals surface area (Å²) in [6.45, 7) is 9.02. The molecular formula is C40H76N2. The first-order chi connectivity index (χ1) is 20.8. The molecule has 0 bridgehead atoms. The van der Waals surface area contributed by atoms with Gasteiger partial charge < -0.3 is 0 Å². The van der Waals surface area contributed by atoms with Crippen LogP contribution in [0.15, 0.2) is 24.3 Å². The summed E-state index contributed by atoms with van der Waals surface area (Å²) >= 11 is 0. The summed E-state index contributed by atoms with van der Waals surface area (Å²) in [6.07, 6.45) is 40.1. The minimum Gasteiger partial charge on any atom is -0.298 e. The van der Waals surface area contributed by atoms with Crippen molar-refractivity contribution in [3.05, 3.63) is 35.4 Å². The monoisotopic (exact) mass is 585 g/mol. The minimum absolute atomic E-state index is 0.287. The van der Waals surface area contributed by atoms with E-state index in [1.807, 2.05) is 0 Å². The Labute approximate surface area is 265 Å². The summed E-state index contributed by atoms with van der Waals surface area (Å²) in [4.78, 5) is 0. The molecule has 0 saturated heterocycles. The highest BCUT2D eigenvalue weighted by molar-refractivity contribution is 5.23. The molecule has 0 aliphatic rings. The number of nitrogens with one attached hydrogen (secondary N) is 2. The van der Waals surface area contributed by atoms with Crippen LogP contribution in [0.4, 0.5) is 0 Å². The second-order valence-corrected chi connectivity index (χ2v) is 13.4. The number of hydrogen-bond acceptors (Lipinski definition) is 2. The van der Waals surface area contributed by atoms with Crippen molar-refractivity contribution in [2.45, 2.75) is 207 Å². The Bertz CT molecular complexity index is 606. The van der Waals surface area contributed by atoms with Gasteiger partial charge in [-0.25, -0.2) is 0 Å². The Kier molecular flexibility index (Phi) is 29.4. The van der Waals surface area contributed by atoms with Gasteiger partial charge in [0.25, 0.3) is 0 Å². The van der Waals surface area contributed by atoms with E-state index in [1.165, 1.54) is 191 Å². The first-order valence-electron chi connectivity index (χ1n) is 19.3. The van der Waals surface area contributed by atoms with Crippen LogP contribution in [0.25, 0.3) is 0 Å². The predicted molar refractivity (Wildman–Crippen MR) is 191 cm³/mol. The maximum absolute atomic E-state index is 3.84. The third kappa shape index (κ3) is 25.6. The van der Waals surface area contributed by atoms with Gasteiger partial charge in [0.15, 0.2) is 0 Å². The summed E-state index contributed by atoms with van der Waals surface area (Å²) in [6, 6.07) is 9.11. The topological polar surface area (TPSA) is 24.1 Å². The summed E-state index contributed by atoms with van der Waals surface area (Å²) in [7, 11) is 0. The van der Waals surface area contributed by atoms with Crippen LogP contribution >= 0.6 is 0 Å². The van der Waals surface area contributed by atoms with E-state index in [4.69, 9.17) is 0 Å². The maximum atomic E-state index is 3.84. The number of benzene rings is 1. The van der Waals surface area contributed by atoms with Crippen molar-refractivity contribution in [3.63, 3.8) is 0 Å². The largest absolute Gasteiger partial charge is 0.298 e. The molecule has 2 nitrogen and oxygen atoms in total. The number of rotatable bonds is 33. The molecule has 1 aromatic rings. The van der Waals surface area contributed by atoms with Crippen molar-refractivity contribution >= 4 is 0 Å². The first kappa shape index (κ1) is 39.2. The van der Waals surface area contributed by atoms with E-state index in [2.05, 4.69) is 55.7 Å². The van der Waals surface area contributed by atoms with Gasteiger partial charge >= 0.3 is 0 Å². The fourth-order valence-corrected chi connectivity index (χ4v) is 6.20. The van der Waals surface area contributed by atoms with Crippen LogP contribution in [-0.4, -0.2) is 13.1 Å². The maximum Gasteiger partial charge on any atom is 0.0835 e. The van der Waals surface area contributed by atoms with Crippen LogP contribution < -0.4 is 10.6 Å². The van der Waals surface area contributed by atoms with E-state index in [9.17, 15) is 0 Å². The normalized spacial score (nSPS) is 11.6. The molecule has 42 heavy (non-hydrogen) atoms. The lowest BCUT2D eigenvalue weighted by Gasteiger charge is -2.21. The number of aryl methyl sites for hydroxylation is 1. The molecule has 0 aliphatic heterocycles. The molecule has 0 unspecified atom stereocenters. The van der Waals surface area contributed by atoms with E-state index >= 15 is 0 Å². The smallest absolute Gasteiger partial charge is 0.0835 e. The Morgan fingerprint density at radius 2 is 0.643 bits per heavy atom. The van der Waals surface area contributed by atoms with Gasteiger partial charge in [-0.3, -0.25) is 10.6 Å². The van der Waals surface area contributed by atoms with Crippen LogP contribution in [0.2, 0.25) is 0 Å². The molecule has 1 rings (SSSR count). The van der Waals surface area contributed by atoms with Gasteiger partial charge in [-0.1, -0.05) is 211 Å². The average Bonchev–Trinajstić information content (AvgIpc) is 3.00. The Morgan fingerprint density at radius 3 is 0.929 bits per heavy atom. The molecule has 0 fully saturated rings. The van der Waals surface area contributed by atoms with Gasteiger partial charge in [-0.15, -0.1) is 0 Å². The molecule has 0 radical (unpaired) electrons. The Balaban J connectivity index is 2.03. The molecule has 0 aliphatic carbocycles. The lowest BCUT2D eigenvalue weighted by atomic mass is 10.0. The Morgan fingerprint density at radius 1 is 0.381 bits per heavy atom. The second kappa shape index (κ2) is 31.6. The van der Waals surface area contributed by atoms with Crippen LogP contribution in [0.3, 0.4) is 0 Å². The highest BCUT2D eigenvalue weighted by atomic mass is 15.1. The van der Waals surface area contributed by atoms with Crippen LogP contribution in [0, 0.1) is 6.92 Å². The second-order valence-electron chi connectivity index (χ2n) is 13.4. The van der Waals surface area contributed by atoms with Crippen molar-refractivity contribution in [2.24, 2.45) is 0 Å². The van der Waals surface area contributed by atoms with Gasteiger partial charge in [-0.2, -0.15) is 0 Å². The van der Waals surface area contributed by atoms with Crippen molar-refractivity contribution < 1.29 is 0 Å². The van der Waals surface area contributed by atoms with Crippen molar-refractivity contribution in [1.82, 2.24) is 10.6 Å². The lowest BCUT2D eigenvalue weighted by Crippen LogP contribution is -2.35. The molecule has 0 aromatic heterocycles. The summed E-state index contributed by atoms with van der Waals surface area (Å²) in [5.41, 5.74) is 2.73. The van der Waals surface area contributed by atoms with Gasteiger partial charge in [0.2, 0.25) is 0 Å². The van der Waals surface area contributed by atoms with Crippen molar-refractivity contribution in [3.8, 4) is 0 Å². The molecule has 0 atom stereocenters. The molecular weight excluding hydrogens is 508 g/mol. The minimum atomic E-state index is 0.287. The summed E-state index contributed by atoms with van der Waals surface area (Å²) in [5.74, 6) is 0. The van der Waals surface area contributed by atoms with Gasteiger partial charge in [-0.05, 0) is 38.4 Å². The zero-order valence-electron chi connectivity index (χ0n) is 29.1. The predicted octanol–water partition coefficient (Wildman–Crippen LogP) is 13.1. The fraction of sp³-hybridized carbons (Fsp3) is 0.850. The van der Waals surface area contributed by atoms with Crippen LogP contribution in [-0.2, 0) is 0 Å². The van der Waals surface area contributed by atoms with Gasteiger partial charge in [0, 0.05) is 0 Å². The molecule has 0 saturated carbocycles. The van der Waals surface area contributed by atoms with Crippen molar-refractivity contribution in [2.75, 3.05) is 13.1 Å². The fourth-order valence-electron chi connectivity index (χ4n) is 6.20. The van der Waals surface area contributed by atoms with Gasteiger partial charge in [0.05, 0.1) is 6.17 Å². The van der Waals surface area contributed by atoms with Crippen LogP contribution in [0.5, 0.6) is 0 Å². The molecule has 1 aromatic carbocycles. The molecule has 0 amide bonds. The number of unbranched alkanes of at least 4 members (excludes halogenated alkanes) is 26. The third-order valence-electron chi connectivity index (χ3n) is 9.17. The zero-order valence-corrected chi connectivity index (χ0v) is 29.1. The highest BCUT2D eigenvalue weighted by Crippen LogP contribution is 2.16. The Hall–Kier alpha value is -0.860. The van der Waals surface area contributed by atoms with E-state index in [0.717, 1.165) is 13.1 Å². The van der Waals surface area contributed by atoms with Crippen LogP contribution in [0.1, 0.15) is 211 Å². The summed E-state index contributed by atoms with van der Waals surface area (Å²) in [5, 5.41) is 7.67. The van der Waals surface area contributed by atoms with E-state index in [-0.39, 0.29) is 6.17 Å². The van der Waals surface area contributed by atoms with Gasteiger partial charge in [0.1, 0.15) is 0 Å². The first-order valence-corrected chi connectivity index (χ1v) is 19.3. The SMILES string of the molecule is CCCCCCCCCCCCCCCCNC(NCCCCCCCCCCCCCCCC)c1ccc(C)cc1. The highest BCUT2D eigenvalue weighted by Gasteiger charge is 2.09.